The Morgan fingerprint density at radius 2 is 1.92 bits per heavy atom. The van der Waals surface area contributed by atoms with Crippen molar-refractivity contribution in [1.29, 1.82) is 5.41 Å². The van der Waals surface area contributed by atoms with Crippen LogP contribution in [0.4, 0.5) is 0 Å². The molecule has 2 aromatic rings. The van der Waals surface area contributed by atoms with Crippen molar-refractivity contribution < 1.29 is 0 Å². The zero-order chi connectivity index (χ0) is 16.5. The van der Waals surface area contributed by atoms with Gasteiger partial charge in [0.25, 0.3) is 0 Å². The lowest BCUT2D eigenvalue weighted by molar-refractivity contribution is 0.497. The maximum Gasteiger partial charge on any atom is 0.207 e. The Morgan fingerprint density at radius 1 is 1.08 bits per heavy atom. The maximum atomic E-state index is 8.49. The van der Waals surface area contributed by atoms with E-state index in [0.717, 1.165) is 35.9 Å². The summed E-state index contributed by atoms with van der Waals surface area (Å²) < 4.78 is 0. The number of benzene rings is 2. The molecule has 0 spiro atoms. The monoisotopic (exact) mass is 336 g/mol. The summed E-state index contributed by atoms with van der Waals surface area (Å²) in [5, 5.41) is 9.20. The molecule has 4 rings (SSSR count). The Balaban J connectivity index is 1.69. The van der Waals surface area contributed by atoms with E-state index < -0.39 is 0 Å². The number of fused-ring (bicyclic) bond motifs is 1. The van der Waals surface area contributed by atoms with Crippen molar-refractivity contribution in [1.82, 2.24) is 9.80 Å². The molecule has 0 aromatic heterocycles. The fourth-order valence-electron chi connectivity index (χ4n) is 3.11. The van der Waals surface area contributed by atoms with Gasteiger partial charge in [0, 0.05) is 17.6 Å². The van der Waals surface area contributed by atoms with Gasteiger partial charge >= 0.3 is 0 Å². The Bertz CT molecular complexity index is 841. The molecule has 120 valence electrons. The quantitative estimate of drug-likeness (QED) is 0.925. The summed E-state index contributed by atoms with van der Waals surface area (Å²) in [5.74, 6) is 1.30. The first kappa shape index (κ1) is 15.0. The summed E-state index contributed by atoms with van der Waals surface area (Å²) in [7, 11) is 0. The van der Waals surface area contributed by atoms with Gasteiger partial charge in [-0.05, 0) is 23.3 Å². The van der Waals surface area contributed by atoms with Crippen LogP contribution in [0.5, 0.6) is 0 Å². The van der Waals surface area contributed by atoms with Crippen molar-refractivity contribution >= 4 is 29.1 Å². The van der Waals surface area contributed by atoms with Gasteiger partial charge in [-0.1, -0.05) is 54.1 Å². The second-order valence-corrected chi connectivity index (χ2v) is 6.27. The molecule has 0 fully saturated rings. The zero-order valence-corrected chi connectivity index (χ0v) is 13.9. The lowest BCUT2D eigenvalue weighted by Gasteiger charge is -2.36. The van der Waals surface area contributed by atoms with E-state index in [9.17, 15) is 0 Å². The van der Waals surface area contributed by atoms with Crippen molar-refractivity contribution in [3.05, 3.63) is 76.8 Å². The highest BCUT2D eigenvalue weighted by atomic mass is 35.5. The number of halogens is 1. The summed E-state index contributed by atoms with van der Waals surface area (Å²) in [6, 6.07) is 17.9. The van der Waals surface area contributed by atoms with E-state index in [4.69, 9.17) is 17.0 Å². The average Bonchev–Trinajstić information content (AvgIpc) is 3.07. The minimum atomic E-state index is 0.450. The minimum Gasteiger partial charge on any atom is -0.310 e. The fraction of sp³-hybridized carbons (Fsp3) is 0.158. The van der Waals surface area contributed by atoms with E-state index in [1.54, 1.807) is 0 Å². The smallest absolute Gasteiger partial charge is 0.207 e. The van der Waals surface area contributed by atoms with Gasteiger partial charge < -0.3 is 4.90 Å². The Kier molecular flexibility index (Phi) is 3.82. The van der Waals surface area contributed by atoms with E-state index in [0.29, 0.717) is 17.4 Å². The lowest BCUT2D eigenvalue weighted by atomic mass is 10.1. The number of hydrogen-bond acceptors (Lipinski definition) is 3. The van der Waals surface area contributed by atoms with Gasteiger partial charge in [-0.25, -0.2) is 0 Å². The minimum absolute atomic E-state index is 0.450. The van der Waals surface area contributed by atoms with E-state index in [1.165, 1.54) is 0 Å². The van der Waals surface area contributed by atoms with Gasteiger partial charge in [0.1, 0.15) is 5.84 Å². The molecule has 0 aliphatic carbocycles. The van der Waals surface area contributed by atoms with Crippen LogP contribution in [0.15, 0.2) is 65.7 Å². The molecule has 0 saturated carbocycles. The average molecular weight is 337 g/mol. The predicted molar refractivity (Wildman–Crippen MR) is 98.1 cm³/mol. The van der Waals surface area contributed by atoms with Crippen LogP contribution >= 0.6 is 11.6 Å². The van der Waals surface area contributed by atoms with Crippen LogP contribution in [0.25, 0.3) is 5.70 Å². The molecular weight excluding hydrogens is 320 g/mol. The molecule has 24 heavy (non-hydrogen) atoms. The SMILES string of the molecule is N=C1C=C(c2ccccc2)N2CCN=C2N1Cc1cccc(Cl)c1. The molecule has 0 unspecified atom stereocenters. The van der Waals surface area contributed by atoms with Gasteiger partial charge in [-0.3, -0.25) is 15.3 Å². The highest BCUT2D eigenvalue weighted by Gasteiger charge is 2.32. The van der Waals surface area contributed by atoms with Gasteiger partial charge in [0.2, 0.25) is 5.96 Å². The van der Waals surface area contributed by atoms with Crippen LogP contribution in [0.2, 0.25) is 5.02 Å². The van der Waals surface area contributed by atoms with Gasteiger partial charge in [0.15, 0.2) is 0 Å². The number of hydrogen-bond donors (Lipinski definition) is 1. The van der Waals surface area contributed by atoms with Crippen LogP contribution < -0.4 is 0 Å². The Labute approximate surface area is 146 Å². The first-order valence-electron chi connectivity index (χ1n) is 7.92. The van der Waals surface area contributed by atoms with Crippen LogP contribution in [0, 0.1) is 5.41 Å². The topological polar surface area (TPSA) is 42.7 Å². The lowest BCUT2D eigenvalue weighted by Crippen LogP contribution is -2.47. The second kappa shape index (κ2) is 6.13. The van der Waals surface area contributed by atoms with E-state index in [1.807, 2.05) is 53.4 Å². The largest absolute Gasteiger partial charge is 0.310 e. The molecule has 2 aliphatic heterocycles. The highest BCUT2D eigenvalue weighted by Crippen LogP contribution is 2.28. The van der Waals surface area contributed by atoms with Crippen molar-refractivity contribution in [2.24, 2.45) is 4.99 Å². The Hall–Kier alpha value is -2.59. The third-order valence-corrected chi connectivity index (χ3v) is 4.45. The van der Waals surface area contributed by atoms with Crippen molar-refractivity contribution in [2.45, 2.75) is 6.54 Å². The molecule has 0 radical (unpaired) electrons. The summed E-state index contributed by atoms with van der Waals surface area (Å²) in [4.78, 5) is 8.77. The molecular formula is C19H17ClN4. The fourth-order valence-corrected chi connectivity index (χ4v) is 3.32. The standard InChI is InChI=1S/C19H17ClN4/c20-16-8-4-5-14(11-16)13-24-18(21)12-17(15-6-2-1-3-7-15)23-10-9-22-19(23)24/h1-8,11-12,21H,9-10,13H2. The summed E-state index contributed by atoms with van der Waals surface area (Å²) >= 11 is 6.09. The van der Waals surface area contributed by atoms with Crippen molar-refractivity contribution in [2.75, 3.05) is 13.1 Å². The summed E-state index contributed by atoms with van der Waals surface area (Å²) in [6.45, 7) is 2.18. The maximum absolute atomic E-state index is 8.49. The zero-order valence-electron chi connectivity index (χ0n) is 13.1. The highest BCUT2D eigenvalue weighted by molar-refractivity contribution is 6.30. The van der Waals surface area contributed by atoms with Crippen molar-refractivity contribution in [3.63, 3.8) is 0 Å². The number of rotatable bonds is 3. The van der Waals surface area contributed by atoms with Crippen LogP contribution in [0.3, 0.4) is 0 Å². The molecule has 0 atom stereocenters. The van der Waals surface area contributed by atoms with E-state index >= 15 is 0 Å². The van der Waals surface area contributed by atoms with Gasteiger partial charge in [-0.2, -0.15) is 0 Å². The number of nitrogens with zero attached hydrogens (tertiary/aromatic N) is 3. The summed E-state index contributed by atoms with van der Waals surface area (Å²) in [6.07, 6.45) is 1.92. The van der Waals surface area contributed by atoms with Crippen LogP contribution in [-0.4, -0.2) is 34.7 Å². The number of guanidine groups is 1. The van der Waals surface area contributed by atoms with E-state index in [-0.39, 0.29) is 0 Å². The third kappa shape index (κ3) is 2.69. The molecule has 5 heteroatoms. The molecule has 0 amide bonds. The van der Waals surface area contributed by atoms with Crippen LogP contribution in [0.1, 0.15) is 11.1 Å². The molecule has 2 heterocycles. The molecule has 0 saturated heterocycles. The number of aliphatic imine (C=N–C) groups is 1. The molecule has 2 aliphatic rings. The molecule has 1 N–H and O–H groups in total. The normalized spacial score (nSPS) is 16.8. The Morgan fingerprint density at radius 3 is 2.71 bits per heavy atom. The summed E-state index contributed by atoms with van der Waals surface area (Å²) in [5.41, 5.74) is 3.22. The first-order valence-corrected chi connectivity index (χ1v) is 8.30. The van der Waals surface area contributed by atoms with Gasteiger partial charge in [-0.15, -0.1) is 0 Å². The first-order chi connectivity index (χ1) is 11.7. The molecule has 2 aromatic carbocycles. The second-order valence-electron chi connectivity index (χ2n) is 5.83. The number of nitrogens with one attached hydrogen (secondary N) is 1. The van der Waals surface area contributed by atoms with Crippen molar-refractivity contribution in [3.8, 4) is 0 Å². The van der Waals surface area contributed by atoms with Gasteiger partial charge in [0.05, 0.1) is 18.8 Å². The molecule has 4 nitrogen and oxygen atoms in total. The van der Waals surface area contributed by atoms with Crippen LogP contribution in [-0.2, 0) is 6.54 Å². The predicted octanol–water partition coefficient (Wildman–Crippen LogP) is 3.85. The number of amidine groups is 1. The third-order valence-electron chi connectivity index (χ3n) is 4.21. The van der Waals surface area contributed by atoms with E-state index in [2.05, 4.69) is 22.0 Å². The molecule has 0 bridgehead atoms.